The molecule has 0 aliphatic carbocycles. The lowest BCUT2D eigenvalue weighted by molar-refractivity contribution is -0.0681. The van der Waals surface area contributed by atoms with Crippen LogP contribution < -0.4 is 5.73 Å². The van der Waals surface area contributed by atoms with Crippen molar-refractivity contribution < 1.29 is 14.9 Å². The van der Waals surface area contributed by atoms with Gasteiger partial charge in [0.15, 0.2) is 11.8 Å². The average Bonchev–Trinajstić information content (AvgIpc) is 3.01. The highest BCUT2D eigenvalue weighted by atomic mass is 16.6. The second-order valence-electron chi connectivity index (χ2n) is 5.07. The molecule has 1 aliphatic heterocycles. The van der Waals surface area contributed by atoms with Crippen molar-refractivity contribution in [2.24, 2.45) is 0 Å². The SMILES string of the molecule is C#C[C@@]1(O)[C@H](O)[C@@H](CC)O[C@H]1n1ccc2c(N)ncnc21. The Kier molecular flexibility index (Phi) is 3.10. The van der Waals surface area contributed by atoms with E-state index in [9.17, 15) is 10.2 Å². The van der Waals surface area contributed by atoms with Crippen LogP contribution in [0.1, 0.15) is 19.6 Å². The van der Waals surface area contributed by atoms with Gasteiger partial charge in [-0.15, -0.1) is 6.42 Å². The van der Waals surface area contributed by atoms with Crippen molar-refractivity contribution in [3.63, 3.8) is 0 Å². The number of ether oxygens (including phenoxy) is 1. The van der Waals surface area contributed by atoms with Gasteiger partial charge in [-0.05, 0) is 12.5 Å². The summed E-state index contributed by atoms with van der Waals surface area (Å²) < 4.78 is 7.32. The predicted octanol–water partition coefficient (Wildman–Crippen LogP) is 0.0461. The lowest BCUT2D eigenvalue weighted by Gasteiger charge is -2.26. The molecule has 0 spiro atoms. The van der Waals surface area contributed by atoms with Crippen LogP contribution in [-0.2, 0) is 4.74 Å². The minimum absolute atomic E-state index is 0.327. The van der Waals surface area contributed by atoms with Crippen molar-refractivity contribution in [3.8, 4) is 12.3 Å². The Morgan fingerprint density at radius 1 is 1.57 bits per heavy atom. The van der Waals surface area contributed by atoms with Crippen molar-refractivity contribution in [2.75, 3.05) is 5.73 Å². The minimum Gasteiger partial charge on any atom is -0.386 e. The first-order valence-corrected chi connectivity index (χ1v) is 6.63. The van der Waals surface area contributed by atoms with Gasteiger partial charge in [-0.2, -0.15) is 0 Å². The smallest absolute Gasteiger partial charge is 0.199 e. The molecule has 7 heteroatoms. The van der Waals surface area contributed by atoms with Crippen molar-refractivity contribution in [2.45, 2.75) is 37.4 Å². The van der Waals surface area contributed by atoms with Gasteiger partial charge >= 0.3 is 0 Å². The van der Waals surface area contributed by atoms with Crippen LogP contribution in [0.15, 0.2) is 18.6 Å². The summed E-state index contributed by atoms with van der Waals surface area (Å²) in [5, 5.41) is 21.5. The number of aromatic nitrogens is 3. The molecule has 2 aromatic heterocycles. The van der Waals surface area contributed by atoms with Crippen LogP contribution in [0.5, 0.6) is 0 Å². The summed E-state index contributed by atoms with van der Waals surface area (Å²) in [4.78, 5) is 8.06. The molecule has 4 atom stereocenters. The molecule has 3 rings (SSSR count). The number of nitrogens with zero attached hydrogens (tertiary/aromatic N) is 3. The summed E-state index contributed by atoms with van der Waals surface area (Å²) in [5.74, 6) is 2.58. The largest absolute Gasteiger partial charge is 0.386 e. The van der Waals surface area contributed by atoms with Crippen molar-refractivity contribution in [1.29, 1.82) is 0 Å². The van der Waals surface area contributed by atoms with Gasteiger partial charge in [0.25, 0.3) is 0 Å². The third kappa shape index (κ3) is 1.81. The van der Waals surface area contributed by atoms with E-state index in [-0.39, 0.29) is 0 Å². The zero-order valence-corrected chi connectivity index (χ0v) is 11.5. The van der Waals surface area contributed by atoms with E-state index >= 15 is 0 Å². The molecule has 1 saturated heterocycles. The molecular formula is C14H16N4O3. The zero-order valence-electron chi connectivity index (χ0n) is 11.5. The zero-order chi connectivity index (χ0) is 15.2. The van der Waals surface area contributed by atoms with E-state index in [0.29, 0.717) is 23.3 Å². The molecule has 21 heavy (non-hydrogen) atoms. The molecule has 7 nitrogen and oxygen atoms in total. The summed E-state index contributed by atoms with van der Waals surface area (Å²) in [7, 11) is 0. The van der Waals surface area contributed by atoms with Gasteiger partial charge in [-0.3, -0.25) is 0 Å². The Balaban J connectivity index is 2.14. The monoisotopic (exact) mass is 288 g/mol. The molecule has 0 bridgehead atoms. The van der Waals surface area contributed by atoms with Crippen LogP contribution in [0, 0.1) is 12.3 Å². The number of anilines is 1. The fourth-order valence-corrected chi connectivity index (χ4v) is 2.71. The molecule has 4 N–H and O–H groups in total. The maximum absolute atomic E-state index is 10.6. The third-order valence-electron chi connectivity index (χ3n) is 3.91. The first-order valence-electron chi connectivity index (χ1n) is 6.63. The number of aliphatic hydroxyl groups is 2. The average molecular weight is 288 g/mol. The number of hydrogen-bond donors (Lipinski definition) is 3. The van der Waals surface area contributed by atoms with Crippen LogP contribution in [0.2, 0.25) is 0 Å². The van der Waals surface area contributed by atoms with Gasteiger partial charge in [0.2, 0.25) is 0 Å². The Labute approximate surface area is 121 Å². The molecular weight excluding hydrogens is 272 g/mol. The molecule has 0 unspecified atom stereocenters. The number of terminal acetylenes is 1. The molecule has 2 aromatic rings. The van der Waals surface area contributed by atoms with E-state index in [1.54, 1.807) is 16.8 Å². The molecule has 1 fully saturated rings. The molecule has 0 aromatic carbocycles. The van der Waals surface area contributed by atoms with E-state index in [1.165, 1.54) is 6.33 Å². The van der Waals surface area contributed by atoms with E-state index in [1.807, 2.05) is 6.92 Å². The number of hydrogen-bond acceptors (Lipinski definition) is 6. The topological polar surface area (TPSA) is 106 Å². The molecule has 0 saturated carbocycles. The van der Waals surface area contributed by atoms with Crippen LogP contribution in [0.4, 0.5) is 5.82 Å². The lowest BCUT2D eigenvalue weighted by atomic mass is 9.94. The normalized spacial score (nSPS) is 32.4. The summed E-state index contributed by atoms with van der Waals surface area (Å²) in [6.45, 7) is 1.85. The maximum atomic E-state index is 10.6. The number of nitrogen functional groups attached to an aromatic ring is 1. The van der Waals surface area contributed by atoms with E-state index in [4.69, 9.17) is 16.9 Å². The summed E-state index contributed by atoms with van der Waals surface area (Å²) in [6, 6.07) is 1.72. The second kappa shape index (κ2) is 4.70. The highest BCUT2D eigenvalue weighted by Crippen LogP contribution is 2.40. The Morgan fingerprint density at radius 3 is 3.00 bits per heavy atom. The number of fused-ring (bicyclic) bond motifs is 1. The minimum atomic E-state index is -1.83. The van der Waals surface area contributed by atoms with Crippen molar-refractivity contribution in [3.05, 3.63) is 18.6 Å². The maximum Gasteiger partial charge on any atom is 0.199 e. The highest BCUT2D eigenvalue weighted by molar-refractivity contribution is 5.86. The first kappa shape index (κ1) is 13.8. The van der Waals surface area contributed by atoms with E-state index in [0.717, 1.165) is 0 Å². The van der Waals surface area contributed by atoms with Gasteiger partial charge in [0.1, 0.15) is 23.9 Å². The quantitative estimate of drug-likeness (QED) is 0.674. The molecule has 0 amide bonds. The van der Waals surface area contributed by atoms with Gasteiger partial charge in [0, 0.05) is 6.20 Å². The van der Waals surface area contributed by atoms with Crippen molar-refractivity contribution >= 4 is 16.9 Å². The van der Waals surface area contributed by atoms with E-state index < -0.39 is 24.0 Å². The van der Waals surface area contributed by atoms with Gasteiger partial charge < -0.3 is 25.3 Å². The predicted molar refractivity (Wildman–Crippen MR) is 75.9 cm³/mol. The van der Waals surface area contributed by atoms with Crippen molar-refractivity contribution in [1.82, 2.24) is 14.5 Å². The summed E-state index contributed by atoms with van der Waals surface area (Å²) in [5.41, 5.74) is 4.46. The standard InChI is InChI=1S/C14H16N4O3/c1-3-9-10(19)14(20,4-2)13(21-9)18-6-5-8-11(15)16-7-17-12(8)18/h2,5-7,9-10,13,19-20H,3H2,1H3,(H2,15,16,17)/t9-,10-,13-,14-/m1/s1. The van der Waals surface area contributed by atoms with Gasteiger partial charge in [-0.1, -0.05) is 12.8 Å². The fourth-order valence-electron chi connectivity index (χ4n) is 2.71. The number of aliphatic hydroxyl groups excluding tert-OH is 1. The fraction of sp³-hybridized carbons (Fsp3) is 0.429. The second-order valence-corrected chi connectivity index (χ2v) is 5.07. The first-order chi connectivity index (χ1) is 10.0. The Morgan fingerprint density at radius 2 is 2.33 bits per heavy atom. The Hall–Kier alpha value is -2.14. The highest BCUT2D eigenvalue weighted by Gasteiger charge is 2.55. The molecule has 3 heterocycles. The third-order valence-corrected chi connectivity index (χ3v) is 3.91. The molecule has 1 aliphatic rings. The van der Waals surface area contributed by atoms with Gasteiger partial charge in [-0.25, -0.2) is 9.97 Å². The lowest BCUT2D eigenvalue weighted by Crippen LogP contribution is -2.45. The molecule has 0 radical (unpaired) electrons. The number of rotatable bonds is 2. The van der Waals surface area contributed by atoms with Crippen LogP contribution >= 0.6 is 0 Å². The van der Waals surface area contributed by atoms with Crippen LogP contribution in [0.25, 0.3) is 11.0 Å². The van der Waals surface area contributed by atoms with Gasteiger partial charge in [0.05, 0.1) is 11.5 Å². The summed E-state index contributed by atoms with van der Waals surface area (Å²) >= 11 is 0. The van der Waals surface area contributed by atoms with Crippen LogP contribution in [-0.4, -0.2) is 42.6 Å². The van der Waals surface area contributed by atoms with E-state index in [2.05, 4.69) is 15.9 Å². The van der Waals surface area contributed by atoms with Crippen LogP contribution in [0.3, 0.4) is 0 Å². The number of nitrogens with two attached hydrogens (primary N) is 1. The molecule has 110 valence electrons. The Bertz CT molecular complexity index is 723. The summed E-state index contributed by atoms with van der Waals surface area (Å²) in [6.07, 6.45) is 6.29.